The molecule has 1 saturated carbocycles. The van der Waals surface area contributed by atoms with Crippen LogP contribution in [0.5, 0.6) is 0 Å². The quantitative estimate of drug-likeness (QED) is 0.162. The Morgan fingerprint density at radius 3 is 1.47 bits per heavy atom. The summed E-state index contributed by atoms with van der Waals surface area (Å²) in [4.78, 5) is 2.57. The number of benzene rings is 6. The van der Waals surface area contributed by atoms with E-state index in [1.165, 1.54) is 121 Å². The number of nitrogens with zero attached hydrogens (tertiary/aromatic N) is 1. The lowest BCUT2D eigenvalue weighted by Gasteiger charge is -2.31. The van der Waals surface area contributed by atoms with Crippen molar-refractivity contribution in [2.24, 2.45) is 0 Å². The summed E-state index contributed by atoms with van der Waals surface area (Å²) in [6.07, 6.45) is 6.56. The summed E-state index contributed by atoms with van der Waals surface area (Å²) in [6.45, 7) is 33.0. The topological polar surface area (TPSA) is 3.24 Å². The summed E-state index contributed by atoms with van der Waals surface area (Å²) in [5.41, 5.74) is 21.0. The number of hydrogen-bond acceptors (Lipinski definition) is 1. The van der Waals surface area contributed by atoms with Gasteiger partial charge in [-0.1, -0.05) is 195 Å². The molecular weight excluding hydrogens is 747 g/mol. The zero-order valence-electron chi connectivity index (χ0n) is 40.6. The highest BCUT2D eigenvalue weighted by Gasteiger charge is 2.36. The van der Waals surface area contributed by atoms with Gasteiger partial charge in [0.25, 0.3) is 0 Å². The molecule has 0 spiro atoms. The molecule has 1 nitrogen and oxygen atoms in total. The fourth-order valence-corrected chi connectivity index (χ4v) is 10.0. The van der Waals surface area contributed by atoms with Crippen molar-refractivity contribution in [3.05, 3.63) is 160 Å². The molecule has 0 N–H and O–H groups in total. The third kappa shape index (κ3) is 8.59. The average molecular weight is 820 g/mol. The van der Waals surface area contributed by atoms with E-state index in [4.69, 9.17) is 0 Å². The van der Waals surface area contributed by atoms with Crippen LogP contribution in [-0.2, 0) is 27.1 Å². The number of hydrogen-bond donors (Lipinski definition) is 0. The molecule has 0 amide bonds. The van der Waals surface area contributed by atoms with Gasteiger partial charge in [-0.25, -0.2) is 0 Å². The van der Waals surface area contributed by atoms with Crippen molar-refractivity contribution in [1.29, 1.82) is 0 Å². The minimum atomic E-state index is -0.100. The predicted molar refractivity (Wildman–Crippen MR) is 270 cm³/mol. The Morgan fingerprint density at radius 1 is 0.403 bits per heavy atom. The Hall–Kier alpha value is -4.88. The van der Waals surface area contributed by atoms with Gasteiger partial charge in [0.2, 0.25) is 0 Å². The van der Waals surface area contributed by atoms with Crippen LogP contribution in [0.25, 0.3) is 33.4 Å². The van der Waals surface area contributed by atoms with E-state index in [2.05, 4.69) is 223 Å². The summed E-state index contributed by atoms with van der Waals surface area (Å²) in [6, 6.07) is 48.0. The number of anilines is 3. The van der Waals surface area contributed by atoms with Crippen molar-refractivity contribution < 1.29 is 0 Å². The first-order valence-electron chi connectivity index (χ1n) is 23.6. The van der Waals surface area contributed by atoms with Crippen molar-refractivity contribution in [3.63, 3.8) is 0 Å². The van der Waals surface area contributed by atoms with E-state index in [-0.39, 0.29) is 27.1 Å². The van der Waals surface area contributed by atoms with Crippen LogP contribution in [0.1, 0.15) is 174 Å². The summed E-state index contributed by atoms with van der Waals surface area (Å²) >= 11 is 0. The third-order valence-electron chi connectivity index (χ3n) is 14.2. The Kier molecular flexibility index (Phi) is 11.1. The Bertz CT molecular complexity index is 2580. The van der Waals surface area contributed by atoms with Crippen LogP contribution in [0.2, 0.25) is 0 Å². The summed E-state index contributed by atoms with van der Waals surface area (Å²) in [5, 5.41) is 0. The molecule has 0 unspecified atom stereocenters. The molecule has 8 rings (SSSR count). The minimum absolute atomic E-state index is 0.0315. The predicted octanol–water partition coefficient (Wildman–Crippen LogP) is 18.0. The molecule has 0 heterocycles. The van der Waals surface area contributed by atoms with E-state index in [0.717, 1.165) is 0 Å². The van der Waals surface area contributed by atoms with Gasteiger partial charge in [-0.05, 0) is 155 Å². The van der Waals surface area contributed by atoms with Gasteiger partial charge in [0.1, 0.15) is 0 Å². The van der Waals surface area contributed by atoms with Crippen molar-refractivity contribution in [2.75, 3.05) is 4.90 Å². The molecule has 62 heavy (non-hydrogen) atoms. The van der Waals surface area contributed by atoms with Crippen LogP contribution >= 0.6 is 0 Å². The smallest absolute Gasteiger partial charge is 0.0470 e. The number of fused-ring (bicyclic) bond motifs is 3. The number of rotatable bonds is 6. The average Bonchev–Trinajstić information content (AvgIpc) is 3.45. The van der Waals surface area contributed by atoms with Gasteiger partial charge in [-0.2, -0.15) is 0 Å². The van der Waals surface area contributed by atoms with Crippen molar-refractivity contribution in [1.82, 2.24) is 0 Å². The standard InChI is InChI=1S/C61H73N/c1-57(2,3)46-30-42(44-32-47(58(4,5)6)37-48(33-44)59(7,8)9)29-43(31-46)45-34-49(60(10,11)12)38-52(36-45)62(50-24-20-23-41(35-50)40-21-16-15-17-22-40)51-27-28-54-53-25-18-19-26-55(53)61(13,14)56(54)39-51/h18-20,23-40H,15-17,21-22H2,1-14H3. The summed E-state index contributed by atoms with van der Waals surface area (Å²) in [5.74, 6) is 0.615. The van der Waals surface area contributed by atoms with E-state index in [9.17, 15) is 0 Å². The Balaban J connectivity index is 1.37. The first kappa shape index (κ1) is 43.8. The van der Waals surface area contributed by atoms with Crippen molar-refractivity contribution in [2.45, 2.75) is 162 Å². The lowest BCUT2D eigenvalue weighted by molar-refractivity contribution is 0.443. The maximum Gasteiger partial charge on any atom is 0.0470 e. The fraction of sp³-hybridized carbons (Fsp3) is 0.410. The van der Waals surface area contributed by atoms with Gasteiger partial charge in [0.15, 0.2) is 0 Å². The van der Waals surface area contributed by atoms with Crippen LogP contribution in [0.4, 0.5) is 17.1 Å². The first-order valence-corrected chi connectivity index (χ1v) is 23.6. The molecule has 6 aromatic rings. The second-order valence-electron chi connectivity index (χ2n) is 23.5. The Labute approximate surface area is 376 Å². The van der Waals surface area contributed by atoms with Gasteiger partial charge in [-0.3, -0.25) is 0 Å². The van der Waals surface area contributed by atoms with Gasteiger partial charge >= 0.3 is 0 Å². The highest BCUT2D eigenvalue weighted by atomic mass is 15.1. The van der Waals surface area contributed by atoms with Crippen LogP contribution in [0.15, 0.2) is 121 Å². The van der Waals surface area contributed by atoms with Crippen molar-refractivity contribution >= 4 is 17.1 Å². The molecule has 2 aliphatic carbocycles. The molecule has 1 heteroatoms. The molecule has 2 aliphatic rings. The van der Waals surface area contributed by atoms with Gasteiger partial charge < -0.3 is 4.90 Å². The lowest BCUT2D eigenvalue weighted by Crippen LogP contribution is -2.18. The van der Waals surface area contributed by atoms with E-state index >= 15 is 0 Å². The zero-order chi connectivity index (χ0) is 44.6. The van der Waals surface area contributed by atoms with E-state index in [0.29, 0.717) is 5.92 Å². The van der Waals surface area contributed by atoms with Crippen LogP contribution in [-0.4, -0.2) is 0 Å². The van der Waals surface area contributed by atoms with Gasteiger partial charge in [0, 0.05) is 22.5 Å². The highest BCUT2D eigenvalue weighted by Crippen LogP contribution is 2.51. The molecule has 0 bridgehead atoms. The molecule has 0 aromatic heterocycles. The fourth-order valence-electron chi connectivity index (χ4n) is 10.0. The van der Waals surface area contributed by atoms with E-state index in [1.807, 2.05) is 0 Å². The molecule has 1 fully saturated rings. The third-order valence-corrected chi connectivity index (χ3v) is 14.2. The van der Waals surface area contributed by atoms with Gasteiger partial charge in [-0.15, -0.1) is 0 Å². The first-order chi connectivity index (χ1) is 29.0. The Morgan fingerprint density at radius 2 is 0.887 bits per heavy atom. The highest BCUT2D eigenvalue weighted by molar-refractivity contribution is 5.87. The summed E-state index contributed by atoms with van der Waals surface area (Å²) < 4.78 is 0. The van der Waals surface area contributed by atoms with E-state index in [1.54, 1.807) is 0 Å². The summed E-state index contributed by atoms with van der Waals surface area (Å²) in [7, 11) is 0. The molecule has 6 aromatic carbocycles. The van der Waals surface area contributed by atoms with Crippen molar-refractivity contribution in [3.8, 4) is 33.4 Å². The van der Waals surface area contributed by atoms with Crippen LogP contribution < -0.4 is 4.90 Å². The second-order valence-corrected chi connectivity index (χ2v) is 23.5. The van der Waals surface area contributed by atoms with Crippen LogP contribution in [0.3, 0.4) is 0 Å². The lowest BCUT2D eigenvalue weighted by atomic mass is 9.78. The maximum absolute atomic E-state index is 2.57. The second kappa shape index (κ2) is 15.7. The largest absolute Gasteiger partial charge is 0.310 e. The minimum Gasteiger partial charge on any atom is -0.310 e. The molecule has 322 valence electrons. The molecule has 0 saturated heterocycles. The normalized spacial score (nSPS) is 15.6. The maximum atomic E-state index is 2.57. The molecule has 0 aliphatic heterocycles. The van der Waals surface area contributed by atoms with Gasteiger partial charge in [0.05, 0.1) is 0 Å². The molecule has 0 atom stereocenters. The zero-order valence-corrected chi connectivity index (χ0v) is 40.6. The molecule has 0 radical (unpaired) electrons. The molecular formula is C61H73N. The SMILES string of the molecule is CC(C)(C)c1cc(-c2cc(N(c3cccc(C4CCCCC4)c3)c3ccc4c(c3)C(C)(C)c3ccccc3-4)cc(C(C)(C)C)c2)cc(-c2cc(C(C)(C)C)cc(C(C)(C)C)c2)c1. The van der Waals surface area contributed by atoms with Crippen LogP contribution in [0, 0.1) is 0 Å². The monoisotopic (exact) mass is 820 g/mol. The van der Waals surface area contributed by atoms with E-state index < -0.39 is 0 Å².